The molecule has 2 aromatic carbocycles. The predicted octanol–water partition coefficient (Wildman–Crippen LogP) is 2.61. The molecule has 1 N–H and O–H groups in total. The van der Waals surface area contributed by atoms with Crippen LogP contribution in [-0.4, -0.2) is 47.4 Å². The van der Waals surface area contributed by atoms with Crippen molar-refractivity contribution in [3.63, 3.8) is 0 Å². The van der Waals surface area contributed by atoms with Crippen LogP contribution in [0.15, 0.2) is 46.2 Å². The van der Waals surface area contributed by atoms with E-state index in [9.17, 15) is 21.2 Å². The quantitative estimate of drug-likeness (QED) is 0.759. The second-order valence-electron chi connectivity index (χ2n) is 6.15. The van der Waals surface area contributed by atoms with Gasteiger partial charge in [-0.05, 0) is 36.8 Å². The molecule has 0 atom stereocenters. The lowest BCUT2D eigenvalue weighted by atomic mass is 10.2. The van der Waals surface area contributed by atoms with Gasteiger partial charge in [-0.1, -0.05) is 23.7 Å². The molecule has 11 heteroatoms. The SMILES string of the molecule is Cc1cc(S(=O)(=O)Nc2ccccc2S(=O)(=O)N2CCOCC2)c(Cl)cc1F. The molecule has 2 aromatic rings. The van der Waals surface area contributed by atoms with E-state index in [1.165, 1.54) is 35.5 Å². The summed E-state index contributed by atoms with van der Waals surface area (Å²) in [5.74, 6) is -0.640. The number of nitrogens with one attached hydrogen (secondary N) is 1. The normalized spacial score (nSPS) is 16.1. The molecule has 28 heavy (non-hydrogen) atoms. The highest BCUT2D eigenvalue weighted by Crippen LogP contribution is 2.30. The maximum Gasteiger partial charge on any atom is 0.263 e. The number of aryl methyl sites for hydroxylation is 1. The minimum atomic E-state index is -4.25. The van der Waals surface area contributed by atoms with Gasteiger partial charge < -0.3 is 4.74 Å². The van der Waals surface area contributed by atoms with Gasteiger partial charge in [-0.3, -0.25) is 4.72 Å². The predicted molar refractivity (Wildman–Crippen MR) is 103 cm³/mol. The number of morpholine rings is 1. The number of sulfonamides is 2. The summed E-state index contributed by atoms with van der Waals surface area (Å²) >= 11 is 5.90. The monoisotopic (exact) mass is 448 g/mol. The lowest BCUT2D eigenvalue weighted by molar-refractivity contribution is 0.0730. The molecule has 152 valence electrons. The average molecular weight is 449 g/mol. The highest BCUT2D eigenvalue weighted by molar-refractivity contribution is 7.93. The van der Waals surface area contributed by atoms with Crippen molar-refractivity contribution in [1.82, 2.24) is 4.31 Å². The van der Waals surface area contributed by atoms with Crippen LogP contribution >= 0.6 is 11.6 Å². The molecule has 0 amide bonds. The van der Waals surface area contributed by atoms with Gasteiger partial charge in [0.2, 0.25) is 10.0 Å². The minimum Gasteiger partial charge on any atom is -0.379 e. The molecular formula is C17H18ClFN2O5S2. The zero-order valence-electron chi connectivity index (χ0n) is 14.9. The first-order chi connectivity index (χ1) is 13.1. The Kier molecular flexibility index (Phi) is 5.97. The van der Waals surface area contributed by atoms with Gasteiger partial charge in [-0.2, -0.15) is 4.31 Å². The Morgan fingerprint density at radius 2 is 1.71 bits per heavy atom. The topological polar surface area (TPSA) is 92.8 Å². The van der Waals surface area contributed by atoms with E-state index in [-0.39, 0.29) is 52.4 Å². The third kappa shape index (κ3) is 4.15. The van der Waals surface area contributed by atoms with Crippen LogP contribution < -0.4 is 4.72 Å². The molecular weight excluding hydrogens is 431 g/mol. The van der Waals surface area contributed by atoms with Gasteiger partial charge in [-0.15, -0.1) is 0 Å². The highest BCUT2D eigenvalue weighted by atomic mass is 35.5. The number of benzene rings is 2. The van der Waals surface area contributed by atoms with Crippen LogP contribution in [0.1, 0.15) is 5.56 Å². The largest absolute Gasteiger partial charge is 0.379 e. The third-order valence-corrected chi connectivity index (χ3v) is 8.01. The van der Waals surface area contributed by atoms with Gasteiger partial charge >= 0.3 is 0 Å². The molecule has 0 unspecified atom stereocenters. The van der Waals surface area contributed by atoms with Crippen molar-refractivity contribution >= 4 is 37.3 Å². The summed E-state index contributed by atoms with van der Waals surface area (Å²) in [5.41, 5.74) is -0.0222. The molecule has 0 radical (unpaired) electrons. The molecule has 1 heterocycles. The van der Waals surface area contributed by atoms with Crippen LogP contribution in [0.4, 0.5) is 10.1 Å². The number of hydrogen-bond acceptors (Lipinski definition) is 5. The number of ether oxygens (including phenoxy) is 1. The van der Waals surface area contributed by atoms with Gasteiger partial charge in [0.1, 0.15) is 15.6 Å². The lowest BCUT2D eigenvalue weighted by Gasteiger charge is -2.27. The second kappa shape index (κ2) is 7.96. The Morgan fingerprint density at radius 1 is 1.07 bits per heavy atom. The van der Waals surface area contributed by atoms with Gasteiger partial charge in [0.05, 0.1) is 23.9 Å². The Labute approximate surface area is 168 Å². The van der Waals surface area contributed by atoms with E-state index in [2.05, 4.69) is 4.72 Å². The van der Waals surface area contributed by atoms with Crippen LogP contribution in [0.2, 0.25) is 5.02 Å². The van der Waals surface area contributed by atoms with Crippen LogP contribution in [0.3, 0.4) is 0 Å². The fourth-order valence-corrected chi connectivity index (χ4v) is 6.04. The van der Waals surface area contributed by atoms with Crippen molar-refractivity contribution in [3.05, 3.63) is 52.8 Å². The first kappa shape index (κ1) is 21.0. The zero-order valence-corrected chi connectivity index (χ0v) is 17.2. The average Bonchev–Trinajstić information content (AvgIpc) is 2.65. The lowest BCUT2D eigenvalue weighted by Crippen LogP contribution is -2.40. The molecule has 0 aromatic heterocycles. The fourth-order valence-electron chi connectivity index (χ4n) is 2.74. The number of anilines is 1. The molecule has 1 aliphatic rings. The molecule has 1 saturated heterocycles. The van der Waals surface area contributed by atoms with Crippen LogP contribution in [0.25, 0.3) is 0 Å². The minimum absolute atomic E-state index is 0.0963. The van der Waals surface area contributed by atoms with Gasteiger partial charge in [0.15, 0.2) is 0 Å². The van der Waals surface area contributed by atoms with E-state index < -0.39 is 25.9 Å². The van der Waals surface area contributed by atoms with E-state index in [4.69, 9.17) is 16.3 Å². The van der Waals surface area contributed by atoms with E-state index in [1.54, 1.807) is 0 Å². The molecule has 0 bridgehead atoms. The second-order valence-corrected chi connectivity index (χ2v) is 10.1. The summed E-state index contributed by atoms with van der Waals surface area (Å²) in [5, 5.41) is -0.302. The Balaban J connectivity index is 2.01. The third-order valence-electron chi connectivity index (χ3n) is 4.22. The number of hydrogen-bond donors (Lipinski definition) is 1. The van der Waals surface area contributed by atoms with Crippen molar-refractivity contribution in [1.29, 1.82) is 0 Å². The standard InChI is InChI=1S/C17H18ClFN2O5S2/c1-12-10-17(13(18)11-14(12)19)27(22,23)20-15-4-2-3-5-16(15)28(24,25)21-6-8-26-9-7-21/h2-5,10-11,20H,6-9H2,1H3. The molecule has 0 spiro atoms. The van der Waals surface area contributed by atoms with Crippen molar-refractivity contribution in [2.75, 3.05) is 31.0 Å². The number of halogens is 2. The Morgan fingerprint density at radius 3 is 2.39 bits per heavy atom. The molecule has 3 rings (SSSR count). The summed E-state index contributed by atoms with van der Waals surface area (Å²) < 4.78 is 73.8. The Hall–Kier alpha value is -1.72. The van der Waals surface area contributed by atoms with Crippen molar-refractivity contribution in [3.8, 4) is 0 Å². The number of nitrogens with zero attached hydrogens (tertiary/aromatic N) is 1. The Bertz CT molecular complexity index is 1100. The maximum absolute atomic E-state index is 13.6. The molecule has 0 aliphatic carbocycles. The van der Waals surface area contributed by atoms with E-state index >= 15 is 0 Å². The number of para-hydroxylation sites is 1. The summed E-state index contributed by atoms with van der Waals surface area (Å²) in [6.45, 7) is 2.27. The van der Waals surface area contributed by atoms with Gasteiger partial charge in [0.25, 0.3) is 10.0 Å². The van der Waals surface area contributed by atoms with E-state index in [0.29, 0.717) is 0 Å². The smallest absolute Gasteiger partial charge is 0.263 e. The maximum atomic E-state index is 13.6. The molecule has 0 saturated carbocycles. The van der Waals surface area contributed by atoms with Crippen LogP contribution in [0, 0.1) is 12.7 Å². The summed E-state index contributed by atoms with van der Waals surface area (Å²) in [7, 11) is -8.19. The van der Waals surface area contributed by atoms with Gasteiger partial charge in [0, 0.05) is 13.1 Å². The van der Waals surface area contributed by atoms with Crippen molar-refractivity contribution in [2.24, 2.45) is 0 Å². The summed E-state index contributed by atoms with van der Waals surface area (Å²) in [6, 6.07) is 7.67. The summed E-state index contributed by atoms with van der Waals surface area (Å²) in [6.07, 6.45) is 0. The number of rotatable bonds is 5. The van der Waals surface area contributed by atoms with Crippen molar-refractivity contribution < 1.29 is 26.0 Å². The molecule has 7 nitrogen and oxygen atoms in total. The first-order valence-corrected chi connectivity index (χ1v) is 11.6. The zero-order chi connectivity index (χ0) is 20.5. The van der Waals surface area contributed by atoms with Crippen LogP contribution in [-0.2, 0) is 24.8 Å². The van der Waals surface area contributed by atoms with E-state index in [0.717, 1.165) is 12.1 Å². The summed E-state index contributed by atoms with van der Waals surface area (Å²) in [4.78, 5) is -0.526. The highest BCUT2D eigenvalue weighted by Gasteiger charge is 2.30. The fraction of sp³-hybridized carbons (Fsp3) is 0.294. The van der Waals surface area contributed by atoms with Gasteiger partial charge in [-0.25, -0.2) is 21.2 Å². The molecule has 1 fully saturated rings. The van der Waals surface area contributed by atoms with Crippen LogP contribution in [0.5, 0.6) is 0 Å². The first-order valence-electron chi connectivity index (χ1n) is 8.28. The van der Waals surface area contributed by atoms with E-state index in [1.807, 2.05) is 0 Å². The van der Waals surface area contributed by atoms with Crippen molar-refractivity contribution in [2.45, 2.75) is 16.7 Å². The molecule has 1 aliphatic heterocycles.